The van der Waals surface area contributed by atoms with Gasteiger partial charge >= 0.3 is 0 Å². The van der Waals surface area contributed by atoms with Crippen molar-refractivity contribution >= 4 is 5.91 Å². The van der Waals surface area contributed by atoms with Crippen molar-refractivity contribution in [2.45, 2.75) is 100 Å². The summed E-state index contributed by atoms with van der Waals surface area (Å²) in [4.78, 5) is 12.4. The van der Waals surface area contributed by atoms with E-state index < -0.39 is 0 Å². The first-order valence-corrected chi connectivity index (χ1v) is 11.4. The molecule has 1 amide bonds. The van der Waals surface area contributed by atoms with Crippen LogP contribution in [0.15, 0.2) is 58.7 Å². The third-order valence-electron chi connectivity index (χ3n) is 5.57. The summed E-state index contributed by atoms with van der Waals surface area (Å²) in [5.74, 6) is -0.0334. The van der Waals surface area contributed by atoms with Gasteiger partial charge in [-0.25, -0.2) is 0 Å². The zero-order valence-electron chi connectivity index (χ0n) is 21.2. The van der Waals surface area contributed by atoms with Crippen LogP contribution in [0.2, 0.25) is 0 Å². The Morgan fingerprint density at radius 2 is 1.70 bits per heavy atom. The highest BCUT2D eigenvalue weighted by atomic mass is 16.1. The van der Waals surface area contributed by atoms with Gasteiger partial charge in [-0.1, -0.05) is 76.1 Å². The number of carbonyl (C=O) groups is 1. The average Bonchev–Trinajstić information content (AvgIpc) is 2.50. The predicted molar refractivity (Wildman–Crippen MR) is 132 cm³/mol. The SMILES string of the molecule is CC1=C(/C=C/C(C)=C/C=C/C(C)=C/C(=O)NC(C)(C)CC(C)(C)C)C(C)(C)CCC1. The average molecular weight is 412 g/mol. The normalized spacial score (nSPS) is 19.1. The lowest BCUT2D eigenvalue weighted by Crippen LogP contribution is -2.45. The lowest BCUT2D eigenvalue weighted by molar-refractivity contribution is -0.118. The molecule has 0 radical (unpaired) electrons. The van der Waals surface area contributed by atoms with Crippen molar-refractivity contribution < 1.29 is 4.79 Å². The summed E-state index contributed by atoms with van der Waals surface area (Å²) >= 11 is 0. The Morgan fingerprint density at radius 3 is 2.27 bits per heavy atom. The van der Waals surface area contributed by atoms with E-state index in [2.05, 4.69) is 85.9 Å². The van der Waals surface area contributed by atoms with E-state index in [1.54, 1.807) is 6.08 Å². The minimum absolute atomic E-state index is 0.0334. The molecule has 2 heteroatoms. The molecule has 0 heterocycles. The quantitative estimate of drug-likeness (QED) is 0.335. The number of nitrogens with one attached hydrogen (secondary N) is 1. The van der Waals surface area contributed by atoms with Gasteiger partial charge in [0.25, 0.3) is 0 Å². The van der Waals surface area contributed by atoms with Gasteiger partial charge in [0.15, 0.2) is 0 Å². The number of amides is 1. The van der Waals surface area contributed by atoms with E-state index in [0.717, 1.165) is 12.0 Å². The summed E-state index contributed by atoms with van der Waals surface area (Å²) in [6.45, 7) is 21.8. The molecule has 1 N–H and O–H groups in total. The minimum atomic E-state index is -0.225. The van der Waals surface area contributed by atoms with Gasteiger partial charge in [0.2, 0.25) is 5.91 Å². The maximum Gasteiger partial charge on any atom is 0.244 e. The van der Waals surface area contributed by atoms with Crippen LogP contribution in [0, 0.1) is 10.8 Å². The van der Waals surface area contributed by atoms with Crippen LogP contribution in [0.1, 0.15) is 94.9 Å². The second-order valence-electron chi connectivity index (χ2n) is 11.5. The van der Waals surface area contributed by atoms with Gasteiger partial charge in [0.05, 0.1) is 0 Å². The first-order valence-electron chi connectivity index (χ1n) is 11.4. The molecule has 0 bridgehead atoms. The molecule has 0 aromatic carbocycles. The summed E-state index contributed by atoms with van der Waals surface area (Å²) < 4.78 is 0. The Balaban J connectivity index is 2.72. The Hall–Kier alpha value is -1.83. The molecule has 0 spiro atoms. The number of allylic oxidation sites excluding steroid dienone is 9. The molecule has 168 valence electrons. The van der Waals surface area contributed by atoms with Gasteiger partial charge in [-0.15, -0.1) is 0 Å². The van der Waals surface area contributed by atoms with Crippen LogP contribution < -0.4 is 5.32 Å². The highest BCUT2D eigenvalue weighted by Crippen LogP contribution is 2.40. The van der Waals surface area contributed by atoms with Gasteiger partial charge in [0.1, 0.15) is 0 Å². The van der Waals surface area contributed by atoms with Crippen LogP contribution in [0.4, 0.5) is 0 Å². The van der Waals surface area contributed by atoms with Crippen molar-refractivity contribution in [3.63, 3.8) is 0 Å². The molecule has 0 unspecified atom stereocenters. The third-order valence-corrected chi connectivity index (χ3v) is 5.57. The Kier molecular flexibility index (Phi) is 9.14. The Morgan fingerprint density at radius 1 is 1.07 bits per heavy atom. The highest BCUT2D eigenvalue weighted by molar-refractivity contribution is 5.89. The fourth-order valence-electron chi connectivity index (χ4n) is 4.63. The van der Waals surface area contributed by atoms with Gasteiger partial charge in [-0.2, -0.15) is 0 Å². The van der Waals surface area contributed by atoms with E-state index in [-0.39, 0.29) is 22.3 Å². The molecule has 1 rings (SSSR count). The predicted octanol–water partition coefficient (Wildman–Crippen LogP) is 7.85. The maximum atomic E-state index is 12.4. The second-order valence-corrected chi connectivity index (χ2v) is 11.5. The summed E-state index contributed by atoms with van der Waals surface area (Å²) in [5, 5.41) is 3.13. The summed E-state index contributed by atoms with van der Waals surface area (Å²) in [6, 6.07) is 0. The smallest absolute Gasteiger partial charge is 0.244 e. The molecule has 0 aromatic heterocycles. The summed E-state index contributed by atoms with van der Waals surface area (Å²) in [7, 11) is 0. The van der Waals surface area contributed by atoms with Crippen molar-refractivity contribution in [2.75, 3.05) is 0 Å². The number of carbonyl (C=O) groups excluding carboxylic acids is 1. The molecule has 0 atom stereocenters. The van der Waals surface area contributed by atoms with Crippen LogP contribution in [-0.2, 0) is 4.79 Å². The van der Waals surface area contributed by atoms with Gasteiger partial charge in [-0.3, -0.25) is 4.79 Å². The van der Waals surface area contributed by atoms with Crippen molar-refractivity contribution in [3.8, 4) is 0 Å². The van der Waals surface area contributed by atoms with E-state index in [9.17, 15) is 4.79 Å². The molecule has 0 saturated carbocycles. The first-order chi connectivity index (χ1) is 13.6. The Labute approximate surface area is 186 Å². The molecule has 0 aliphatic heterocycles. The first kappa shape index (κ1) is 26.2. The summed E-state index contributed by atoms with van der Waals surface area (Å²) in [6.07, 6.45) is 17.0. The van der Waals surface area contributed by atoms with Gasteiger partial charge < -0.3 is 5.32 Å². The van der Waals surface area contributed by atoms with Crippen molar-refractivity contribution in [3.05, 3.63) is 58.7 Å². The molecule has 2 nitrogen and oxygen atoms in total. The Bertz CT molecular complexity index is 761. The number of hydrogen-bond donors (Lipinski definition) is 1. The topological polar surface area (TPSA) is 29.1 Å². The van der Waals surface area contributed by atoms with Crippen LogP contribution >= 0.6 is 0 Å². The molecular formula is C28H45NO. The molecule has 0 aromatic rings. The van der Waals surface area contributed by atoms with Crippen LogP contribution in [0.25, 0.3) is 0 Å². The standard InChI is InChI=1S/C28H45NO/c1-21(16-17-24-23(3)15-12-18-27(24,7)8)13-11-14-22(2)19-25(30)29-28(9,10)20-26(4,5)6/h11,13-14,16-17,19H,12,15,18,20H2,1-10H3,(H,29,30)/b14-11+,17-16+,21-13+,22-19+. The second kappa shape index (κ2) is 10.5. The van der Waals surface area contributed by atoms with E-state index in [0.29, 0.717) is 0 Å². The zero-order valence-corrected chi connectivity index (χ0v) is 21.2. The van der Waals surface area contributed by atoms with Crippen LogP contribution in [0.3, 0.4) is 0 Å². The lowest BCUT2D eigenvalue weighted by atomic mass is 9.72. The van der Waals surface area contributed by atoms with E-state index >= 15 is 0 Å². The summed E-state index contributed by atoms with van der Waals surface area (Å²) in [5.41, 5.74) is 5.36. The van der Waals surface area contributed by atoms with Crippen molar-refractivity contribution in [1.82, 2.24) is 5.32 Å². The molecule has 1 aliphatic carbocycles. The third kappa shape index (κ3) is 9.78. The number of rotatable bonds is 7. The minimum Gasteiger partial charge on any atom is -0.348 e. The molecule has 0 saturated heterocycles. The lowest BCUT2D eigenvalue weighted by Gasteiger charge is -2.33. The van der Waals surface area contributed by atoms with E-state index in [4.69, 9.17) is 0 Å². The molecular weight excluding hydrogens is 366 g/mol. The fraction of sp³-hybridized carbons (Fsp3) is 0.607. The van der Waals surface area contributed by atoms with Gasteiger partial charge in [-0.05, 0) is 82.3 Å². The monoisotopic (exact) mass is 411 g/mol. The fourth-order valence-corrected chi connectivity index (χ4v) is 4.63. The van der Waals surface area contributed by atoms with Gasteiger partial charge in [0, 0.05) is 11.6 Å². The van der Waals surface area contributed by atoms with Crippen molar-refractivity contribution in [1.29, 1.82) is 0 Å². The van der Waals surface area contributed by atoms with E-state index in [1.165, 1.54) is 36.0 Å². The largest absolute Gasteiger partial charge is 0.348 e. The maximum absolute atomic E-state index is 12.4. The van der Waals surface area contributed by atoms with Crippen LogP contribution in [0.5, 0.6) is 0 Å². The van der Waals surface area contributed by atoms with Crippen molar-refractivity contribution in [2.24, 2.45) is 10.8 Å². The molecule has 30 heavy (non-hydrogen) atoms. The highest BCUT2D eigenvalue weighted by Gasteiger charge is 2.27. The number of hydrogen-bond acceptors (Lipinski definition) is 1. The zero-order chi connectivity index (χ0) is 23.2. The van der Waals surface area contributed by atoms with Crippen LogP contribution in [-0.4, -0.2) is 11.4 Å². The van der Waals surface area contributed by atoms with E-state index in [1.807, 2.05) is 19.1 Å². The molecule has 1 aliphatic rings. The molecule has 0 fully saturated rings.